The molecule has 2 rings (SSSR count). The first-order chi connectivity index (χ1) is 9.31. The zero-order valence-corrected chi connectivity index (χ0v) is 11.1. The molecule has 0 aliphatic heterocycles. The average Bonchev–Trinajstić information content (AvgIpc) is 2.35. The van der Waals surface area contributed by atoms with Gasteiger partial charge >= 0.3 is 0 Å². The van der Waals surface area contributed by atoms with Gasteiger partial charge in [-0.3, -0.25) is 4.72 Å². The summed E-state index contributed by atoms with van der Waals surface area (Å²) >= 11 is 0. The molecule has 0 fully saturated rings. The van der Waals surface area contributed by atoms with E-state index in [4.69, 9.17) is 0 Å². The van der Waals surface area contributed by atoms with E-state index in [1.54, 1.807) is 19.1 Å². The fourth-order valence-corrected chi connectivity index (χ4v) is 2.99. The van der Waals surface area contributed by atoms with E-state index in [-0.39, 0.29) is 4.90 Å². The van der Waals surface area contributed by atoms with Crippen molar-refractivity contribution in [3.05, 3.63) is 59.4 Å². The first kappa shape index (κ1) is 14.4. The lowest BCUT2D eigenvalue weighted by Gasteiger charge is -2.11. The molecular formula is C13H10F3NO2S. The Morgan fingerprint density at radius 3 is 2.35 bits per heavy atom. The topological polar surface area (TPSA) is 46.2 Å². The Bertz CT molecular complexity index is 760. The monoisotopic (exact) mass is 301 g/mol. The summed E-state index contributed by atoms with van der Waals surface area (Å²) in [6.45, 7) is 1.55. The zero-order chi connectivity index (χ0) is 14.9. The maximum atomic E-state index is 13.5. The minimum atomic E-state index is -4.12. The van der Waals surface area contributed by atoms with Crippen molar-refractivity contribution < 1.29 is 21.6 Å². The number of hydrogen-bond acceptors (Lipinski definition) is 2. The molecule has 106 valence electrons. The van der Waals surface area contributed by atoms with Crippen molar-refractivity contribution in [2.24, 2.45) is 0 Å². The van der Waals surface area contributed by atoms with E-state index < -0.39 is 33.2 Å². The van der Waals surface area contributed by atoms with Gasteiger partial charge in [0.2, 0.25) is 0 Å². The number of sulfonamides is 1. The molecule has 1 N–H and O–H groups in total. The van der Waals surface area contributed by atoms with Crippen LogP contribution in [0.1, 0.15) is 5.56 Å². The number of benzene rings is 2. The van der Waals surface area contributed by atoms with Crippen LogP contribution >= 0.6 is 0 Å². The second kappa shape index (κ2) is 5.16. The Kier molecular flexibility index (Phi) is 3.71. The van der Waals surface area contributed by atoms with Crippen molar-refractivity contribution in [3.8, 4) is 0 Å². The van der Waals surface area contributed by atoms with E-state index >= 15 is 0 Å². The van der Waals surface area contributed by atoms with Crippen molar-refractivity contribution in [3.63, 3.8) is 0 Å². The second-order valence-electron chi connectivity index (χ2n) is 4.12. The van der Waals surface area contributed by atoms with Crippen molar-refractivity contribution in [1.29, 1.82) is 0 Å². The molecule has 0 aliphatic carbocycles. The van der Waals surface area contributed by atoms with Crippen molar-refractivity contribution in [2.45, 2.75) is 11.8 Å². The molecule has 0 aliphatic rings. The molecule has 0 amide bonds. The summed E-state index contributed by atoms with van der Waals surface area (Å²) in [6.07, 6.45) is 0. The summed E-state index contributed by atoms with van der Waals surface area (Å²) in [5, 5.41) is 0. The zero-order valence-electron chi connectivity index (χ0n) is 10.3. The number of hydrogen-bond donors (Lipinski definition) is 1. The van der Waals surface area contributed by atoms with Crippen LogP contribution in [-0.2, 0) is 10.0 Å². The molecule has 2 aromatic rings. The van der Waals surface area contributed by atoms with Gasteiger partial charge in [-0.15, -0.1) is 0 Å². The Labute approximate surface area is 114 Å². The SMILES string of the molecule is Cc1ccccc1S(=O)(=O)Nc1cc(F)cc(F)c1F. The summed E-state index contributed by atoms with van der Waals surface area (Å²) in [7, 11) is -4.12. The number of halogens is 3. The minimum absolute atomic E-state index is 0.0935. The lowest BCUT2D eigenvalue weighted by Crippen LogP contribution is -2.15. The van der Waals surface area contributed by atoms with E-state index in [9.17, 15) is 21.6 Å². The van der Waals surface area contributed by atoms with Gasteiger partial charge in [-0.1, -0.05) is 18.2 Å². The lowest BCUT2D eigenvalue weighted by atomic mass is 10.2. The molecule has 0 spiro atoms. The summed E-state index contributed by atoms with van der Waals surface area (Å²) in [4.78, 5) is -0.0935. The van der Waals surface area contributed by atoms with Crippen molar-refractivity contribution in [2.75, 3.05) is 4.72 Å². The predicted octanol–water partition coefficient (Wildman–Crippen LogP) is 3.21. The highest BCUT2D eigenvalue weighted by atomic mass is 32.2. The fraction of sp³-hybridized carbons (Fsp3) is 0.0769. The largest absolute Gasteiger partial charge is 0.276 e. The number of anilines is 1. The molecule has 0 aromatic heterocycles. The smallest absolute Gasteiger partial charge is 0.262 e. The quantitative estimate of drug-likeness (QED) is 0.885. The van der Waals surface area contributed by atoms with Gasteiger partial charge in [0, 0.05) is 12.1 Å². The normalized spacial score (nSPS) is 11.4. The molecule has 0 saturated heterocycles. The number of rotatable bonds is 3. The van der Waals surface area contributed by atoms with Gasteiger partial charge < -0.3 is 0 Å². The Balaban J connectivity index is 2.47. The van der Waals surface area contributed by atoms with E-state index in [0.717, 1.165) is 0 Å². The van der Waals surface area contributed by atoms with Gasteiger partial charge in [0.1, 0.15) is 5.82 Å². The van der Waals surface area contributed by atoms with Crippen LogP contribution in [0.3, 0.4) is 0 Å². The minimum Gasteiger partial charge on any atom is -0.276 e. The molecular weight excluding hydrogens is 291 g/mol. The van der Waals surface area contributed by atoms with E-state index in [1.807, 2.05) is 4.72 Å². The Morgan fingerprint density at radius 2 is 1.70 bits per heavy atom. The van der Waals surface area contributed by atoms with Crippen LogP contribution in [0.4, 0.5) is 18.9 Å². The maximum Gasteiger partial charge on any atom is 0.262 e. The van der Waals surface area contributed by atoms with E-state index in [2.05, 4.69) is 0 Å². The molecule has 0 saturated carbocycles. The average molecular weight is 301 g/mol. The maximum absolute atomic E-state index is 13.5. The number of nitrogens with one attached hydrogen (secondary N) is 1. The highest BCUT2D eigenvalue weighted by Crippen LogP contribution is 2.23. The van der Waals surface area contributed by atoms with Crippen LogP contribution in [-0.4, -0.2) is 8.42 Å². The van der Waals surface area contributed by atoms with Crippen LogP contribution in [0, 0.1) is 24.4 Å². The number of aryl methyl sites for hydroxylation is 1. The third-order valence-corrected chi connectivity index (χ3v) is 4.15. The highest BCUT2D eigenvalue weighted by Gasteiger charge is 2.20. The van der Waals surface area contributed by atoms with E-state index in [1.165, 1.54) is 12.1 Å². The van der Waals surface area contributed by atoms with Gasteiger partial charge in [-0.05, 0) is 18.6 Å². The first-order valence-electron chi connectivity index (χ1n) is 5.54. The van der Waals surface area contributed by atoms with Crippen LogP contribution in [0.5, 0.6) is 0 Å². The van der Waals surface area contributed by atoms with E-state index in [0.29, 0.717) is 17.7 Å². The third-order valence-electron chi connectivity index (χ3n) is 2.62. The molecule has 3 nitrogen and oxygen atoms in total. The standard InChI is InChI=1S/C13H10F3NO2S/c1-8-4-2-3-5-12(8)20(18,19)17-11-7-9(14)6-10(15)13(11)16/h2-7,17H,1H3. The predicted molar refractivity (Wildman–Crippen MR) is 68.3 cm³/mol. The molecule has 0 heterocycles. The van der Waals surface area contributed by atoms with Crippen LogP contribution in [0.15, 0.2) is 41.3 Å². The van der Waals surface area contributed by atoms with Gasteiger partial charge in [0.15, 0.2) is 11.6 Å². The van der Waals surface area contributed by atoms with Crippen LogP contribution in [0.25, 0.3) is 0 Å². The molecule has 0 unspecified atom stereocenters. The third kappa shape index (κ3) is 2.77. The van der Waals surface area contributed by atoms with Gasteiger partial charge in [-0.2, -0.15) is 0 Å². The van der Waals surface area contributed by atoms with Gasteiger partial charge in [-0.25, -0.2) is 21.6 Å². The summed E-state index contributed by atoms with van der Waals surface area (Å²) in [5.41, 5.74) is -0.344. The molecule has 20 heavy (non-hydrogen) atoms. The van der Waals surface area contributed by atoms with Gasteiger partial charge in [0.05, 0.1) is 10.6 Å². The Morgan fingerprint density at radius 1 is 1.05 bits per heavy atom. The van der Waals surface area contributed by atoms with Crippen molar-refractivity contribution in [1.82, 2.24) is 0 Å². The fourth-order valence-electron chi connectivity index (χ4n) is 1.69. The molecule has 2 aromatic carbocycles. The highest BCUT2D eigenvalue weighted by molar-refractivity contribution is 7.92. The summed E-state index contributed by atoms with van der Waals surface area (Å²) < 4.78 is 65.5. The summed E-state index contributed by atoms with van der Waals surface area (Å²) in [5.74, 6) is -4.00. The first-order valence-corrected chi connectivity index (χ1v) is 7.02. The second-order valence-corrected chi connectivity index (χ2v) is 5.77. The molecule has 0 radical (unpaired) electrons. The van der Waals surface area contributed by atoms with Crippen LogP contribution in [0.2, 0.25) is 0 Å². The lowest BCUT2D eigenvalue weighted by molar-refractivity contribution is 0.498. The molecule has 0 bridgehead atoms. The Hall–Kier alpha value is -2.02. The molecule has 7 heteroatoms. The van der Waals surface area contributed by atoms with Crippen LogP contribution < -0.4 is 4.72 Å². The molecule has 0 atom stereocenters. The summed E-state index contributed by atoms with van der Waals surface area (Å²) in [6, 6.07) is 6.90. The van der Waals surface area contributed by atoms with Crippen molar-refractivity contribution >= 4 is 15.7 Å². The van der Waals surface area contributed by atoms with Gasteiger partial charge in [0.25, 0.3) is 10.0 Å².